The molecular weight excluding hydrogens is 244 g/mol. The van der Waals surface area contributed by atoms with Crippen LogP contribution < -0.4 is 5.73 Å². The summed E-state index contributed by atoms with van der Waals surface area (Å²) in [5.74, 6) is 1.17. The van der Waals surface area contributed by atoms with E-state index >= 15 is 0 Å². The Morgan fingerprint density at radius 1 is 1.17 bits per heavy atom. The summed E-state index contributed by atoms with van der Waals surface area (Å²) in [7, 11) is 2.16. The number of hydrogen-bond donors (Lipinski definition) is 1. The fraction of sp³-hybridized carbons (Fsp3) is 0.600. The first-order valence-electron chi connectivity index (χ1n) is 6.61. The standard InChI is InChI=1S/C15H25ClN2/c1-11(2)14(9-17)10-18(4)12(3)13-5-7-15(16)8-6-13/h5-8,11-12,14H,9-10,17H2,1-4H3. The van der Waals surface area contributed by atoms with Crippen LogP contribution in [0.15, 0.2) is 24.3 Å². The highest BCUT2D eigenvalue weighted by Crippen LogP contribution is 2.22. The predicted octanol–water partition coefficient (Wildman–Crippen LogP) is 3.56. The van der Waals surface area contributed by atoms with Crippen LogP contribution in [0.2, 0.25) is 5.02 Å². The Balaban J connectivity index is 2.65. The second kappa shape index (κ2) is 7.13. The van der Waals surface area contributed by atoms with Crippen LogP contribution in [0.25, 0.3) is 0 Å². The Labute approximate surface area is 116 Å². The minimum absolute atomic E-state index is 0.384. The summed E-state index contributed by atoms with van der Waals surface area (Å²) in [5, 5.41) is 0.788. The average Bonchev–Trinajstić information content (AvgIpc) is 2.35. The minimum atomic E-state index is 0.384. The molecule has 0 saturated heterocycles. The summed E-state index contributed by atoms with van der Waals surface area (Å²) in [6.45, 7) is 8.46. The molecular formula is C15H25ClN2. The summed E-state index contributed by atoms with van der Waals surface area (Å²) in [5.41, 5.74) is 7.13. The zero-order chi connectivity index (χ0) is 13.7. The van der Waals surface area contributed by atoms with Crippen LogP contribution in [0.4, 0.5) is 0 Å². The van der Waals surface area contributed by atoms with Gasteiger partial charge in [0.1, 0.15) is 0 Å². The van der Waals surface area contributed by atoms with E-state index in [2.05, 4.69) is 44.9 Å². The van der Waals surface area contributed by atoms with Gasteiger partial charge in [-0.2, -0.15) is 0 Å². The van der Waals surface area contributed by atoms with E-state index in [4.69, 9.17) is 17.3 Å². The maximum absolute atomic E-state index is 5.91. The van der Waals surface area contributed by atoms with Gasteiger partial charge in [0.2, 0.25) is 0 Å². The summed E-state index contributed by atoms with van der Waals surface area (Å²) in [6, 6.07) is 8.47. The second-order valence-electron chi connectivity index (χ2n) is 5.41. The van der Waals surface area contributed by atoms with Crippen molar-refractivity contribution >= 4 is 11.6 Å². The van der Waals surface area contributed by atoms with Crippen molar-refractivity contribution in [3.8, 4) is 0 Å². The normalized spacial score (nSPS) is 15.1. The van der Waals surface area contributed by atoms with Crippen LogP contribution in [0.5, 0.6) is 0 Å². The smallest absolute Gasteiger partial charge is 0.0406 e. The Morgan fingerprint density at radius 2 is 1.72 bits per heavy atom. The molecule has 18 heavy (non-hydrogen) atoms. The molecule has 0 fully saturated rings. The van der Waals surface area contributed by atoms with Crippen LogP contribution in [0, 0.1) is 11.8 Å². The molecule has 0 bridgehead atoms. The van der Waals surface area contributed by atoms with E-state index in [0.29, 0.717) is 17.9 Å². The summed E-state index contributed by atoms with van der Waals surface area (Å²) < 4.78 is 0. The van der Waals surface area contributed by atoms with Crippen LogP contribution in [0.3, 0.4) is 0 Å². The van der Waals surface area contributed by atoms with Gasteiger partial charge >= 0.3 is 0 Å². The quantitative estimate of drug-likeness (QED) is 0.855. The molecule has 0 saturated carbocycles. The molecule has 1 aromatic carbocycles. The van der Waals surface area contributed by atoms with Gasteiger partial charge in [0.05, 0.1) is 0 Å². The number of halogens is 1. The van der Waals surface area contributed by atoms with E-state index < -0.39 is 0 Å². The highest BCUT2D eigenvalue weighted by molar-refractivity contribution is 6.30. The predicted molar refractivity (Wildman–Crippen MR) is 79.9 cm³/mol. The Morgan fingerprint density at radius 3 is 2.17 bits per heavy atom. The molecule has 0 aromatic heterocycles. The van der Waals surface area contributed by atoms with Crippen molar-refractivity contribution in [3.05, 3.63) is 34.9 Å². The molecule has 0 heterocycles. The Hall–Kier alpha value is -0.570. The fourth-order valence-electron chi connectivity index (χ4n) is 2.08. The summed E-state index contributed by atoms with van der Waals surface area (Å²) >= 11 is 5.91. The van der Waals surface area contributed by atoms with Crippen LogP contribution in [-0.2, 0) is 0 Å². The molecule has 0 aliphatic rings. The van der Waals surface area contributed by atoms with E-state index in [1.54, 1.807) is 0 Å². The largest absolute Gasteiger partial charge is 0.330 e. The lowest BCUT2D eigenvalue weighted by Crippen LogP contribution is -2.34. The van der Waals surface area contributed by atoms with E-state index in [1.165, 1.54) is 5.56 Å². The van der Waals surface area contributed by atoms with Crippen molar-refractivity contribution in [1.82, 2.24) is 4.90 Å². The van der Waals surface area contributed by atoms with Gasteiger partial charge in [-0.3, -0.25) is 4.90 Å². The fourth-order valence-corrected chi connectivity index (χ4v) is 2.21. The van der Waals surface area contributed by atoms with Crippen molar-refractivity contribution in [1.29, 1.82) is 0 Å². The van der Waals surface area contributed by atoms with E-state index in [9.17, 15) is 0 Å². The molecule has 2 unspecified atom stereocenters. The van der Waals surface area contributed by atoms with Gasteiger partial charge in [0.25, 0.3) is 0 Å². The molecule has 1 aromatic rings. The zero-order valence-corrected chi connectivity index (χ0v) is 12.6. The highest BCUT2D eigenvalue weighted by Gasteiger charge is 2.18. The summed E-state index contributed by atoms with van der Waals surface area (Å²) in [6.07, 6.45) is 0. The molecule has 0 radical (unpaired) electrons. The SMILES string of the molecule is CC(C)C(CN)CN(C)C(C)c1ccc(Cl)cc1. The van der Waals surface area contributed by atoms with Crippen LogP contribution in [-0.4, -0.2) is 25.0 Å². The van der Waals surface area contributed by atoms with Gasteiger partial charge in [-0.05, 0) is 50.0 Å². The third-order valence-electron chi connectivity index (χ3n) is 3.78. The van der Waals surface area contributed by atoms with Crippen molar-refractivity contribution < 1.29 is 0 Å². The van der Waals surface area contributed by atoms with E-state index in [0.717, 1.165) is 18.1 Å². The van der Waals surface area contributed by atoms with Crippen molar-refractivity contribution in [2.75, 3.05) is 20.1 Å². The van der Waals surface area contributed by atoms with Gasteiger partial charge in [0, 0.05) is 17.6 Å². The number of nitrogens with zero attached hydrogens (tertiary/aromatic N) is 1. The average molecular weight is 269 g/mol. The first-order chi connectivity index (χ1) is 8.45. The maximum atomic E-state index is 5.91. The minimum Gasteiger partial charge on any atom is -0.330 e. The van der Waals surface area contributed by atoms with Gasteiger partial charge in [0.15, 0.2) is 0 Å². The molecule has 3 heteroatoms. The van der Waals surface area contributed by atoms with Crippen molar-refractivity contribution in [2.24, 2.45) is 17.6 Å². The van der Waals surface area contributed by atoms with Crippen LogP contribution in [0.1, 0.15) is 32.4 Å². The second-order valence-corrected chi connectivity index (χ2v) is 5.84. The molecule has 102 valence electrons. The Kier molecular flexibility index (Phi) is 6.13. The zero-order valence-electron chi connectivity index (χ0n) is 11.9. The lowest BCUT2D eigenvalue weighted by molar-refractivity contribution is 0.196. The van der Waals surface area contributed by atoms with Crippen molar-refractivity contribution in [3.63, 3.8) is 0 Å². The first-order valence-corrected chi connectivity index (χ1v) is 6.99. The number of rotatable bonds is 6. The van der Waals surface area contributed by atoms with Crippen molar-refractivity contribution in [2.45, 2.75) is 26.8 Å². The van der Waals surface area contributed by atoms with E-state index in [-0.39, 0.29) is 0 Å². The lowest BCUT2D eigenvalue weighted by Gasteiger charge is -2.30. The molecule has 1 rings (SSSR count). The van der Waals surface area contributed by atoms with Gasteiger partial charge in [-0.1, -0.05) is 37.6 Å². The topological polar surface area (TPSA) is 29.3 Å². The molecule has 2 nitrogen and oxygen atoms in total. The van der Waals surface area contributed by atoms with Crippen LogP contribution >= 0.6 is 11.6 Å². The maximum Gasteiger partial charge on any atom is 0.0406 e. The van der Waals surface area contributed by atoms with E-state index in [1.807, 2.05) is 12.1 Å². The highest BCUT2D eigenvalue weighted by atomic mass is 35.5. The third kappa shape index (κ3) is 4.27. The lowest BCUT2D eigenvalue weighted by atomic mass is 9.94. The molecule has 2 atom stereocenters. The Bertz CT molecular complexity index is 348. The number of benzene rings is 1. The molecule has 0 amide bonds. The number of hydrogen-bond acceptors (Lipinski definition) is 2. The van der Waals surface area contributed by atoms with Gasteiger partial charge < -0.3 is 5.73 Å². The summed E-state index contributed by atoms with van der Waals surface area (Å²) in [4.78, 5) is 2.36. The molecule has 2 N–H and O–H groups in total. The monoisotopic (exact) mass is 268 g/mol. The van der Waals surface area contributed by atoms with Gasteiger partial charge in [-0.15, -0.1) is 0 Å². The molecule has 0 aliphatic heterocycles. The number of nitrogens with two attached hydrogens (primary N) is 1. The molecule has 0 aliphatic carbocycles. The first kappa shape index (κ1) is 15.5. The third-order valence-corrected chi connectivity index (χ3v) is 4.03. The molecule has 0 spiro atoms. The van der Waals surface area contributed by atoms with Gasteiger partial charge in [-0.25, -0.2) is 0 Å².